The summed E-state index contributed by atoms with van der Waals surface area (Å²) in [6, 6.07) is 6.19. The lowest BCUT2D eigenvalue weighted by Gasteiger charge is -2.24. The molecule has 2 saturated heterocycles. The summed E-state index contributed by atoms with van der Waals surface area (Å²) < 4.78 is 0. The lowest BCUT2D eigenvalue weighted by molar-refractivity contribution is -0.134. The van der Waals surface area contributed by atoms with Crippen molar-refractivity contribution in [3.8, 4) is 0 Å². The van der Waals surface area contributed by atoms with Gasteiger partial charge in [0.25, 0.3) is 0 Å². The Hall–Kier alpha value is -1.53. The quantitative estimate of drug-likeness (QED) is 0.888. The zero-order chi connectivity index (χ0) is 17.8. The number of thioether (sulfide) groups is 1. The number of amides is 2. The van der Waals surface area contributed by atoms with Crippen molar-refractivity contribution in [1.29, 1.82) is 0 Å². The molecular formula is C19H27N3O2S. The minimum atomic E-state index is -0.0533. The van der Waals surface area contributed by atoms with E-state index in [1.807, 2.05) is 9.80 Å². The normalized spacial score (nSPS) is 21.3. The maximum absolute atomic E-state index is 12.7. The van der Waals surface area contributed by atoms with Crippen LogP contribution in [0.3, 0.4) is 0 Å². The van der Waals surface area contributed by atoms with Crippen molar-refractivity contribution in [2.24, 2.45) is 0 Å². The monoisotopic (exact) mass is 361 g/mol. The highest BCUT2D eigenvalue weighted by Gasteiger charge is 2.29. The van der Waals surface area contributed by atoms with Crippen LogP contribution in [0.25, 0.3) is 0 Å². The molecule has 2 aliphatic heterocycles. The highest BCUT2D eigenvalue weighted by atomic mass is 32.2. The highest BCUT2D eigenvalue weighted by Crippen LogP contribution is 2.15. The summed E-state index contributed by atoms with van der Waals surface area (Å²) >= 11 is 1.77. The third-order valence-corrected chi connectivity index (χ3v) is 5.95. The number of hydrogen-bond acceptors (Lipinski definition) is 4. The number of carbonyl (C=O) groups is 2. The van der Waals surface area contributed by atoms with Crippen LogP contribution in [0, 0.1) is 13.8 Å². The van der Waals surface area contributed by atoms with Crippen LogP contribution in [0.1, 0.15) is 23.1 Å². The van der Waals surface area contributed by atoms with Gasteiger partial charge in [0, 0.05) is 37.8 Å². The Morgan fingerprint density at radius 1 is 1.16 bits per heavy atom. The second-order valence-corrected chi connectivity index (χ2v) is 7.97. The molecule has 2 fully saturated rings. The van der Waals surface area contributed by atoms with E-state index in [0.717, 1.165) is 36.7 Å². The minimum Gasteiger partial charge on any atom is -0.341 e. The first-order valence-electron chi connectivity index (χ1n) is 8.98. The molecule has 0 spiro atoms. The van der Waals surface area contributed by atoms with Crippen molar-refractivity contribution in [2.45, 2.75) is 32.7 Å². The van der Waals surface area contributed by atoms with Gasteiger partial charge in [-0.15, -0.1) is 11.8 Å². The molecule has 0 aliphatic carbocycles. The molecule has 2 aliphatic rings. The fourth-order valence-corrected chi connectivity index (χ4v) is 4.41. The van der Waals surface area contributed by atoms with Crippen LogP contribution in [0.4, 0.5) is 0 Å². The Morgan fingerprint density at radius 2 is 1.92 bits per heavy atom. The molecule has 0 radical (unpaired) electrons. The zero-order valence-electron chi connectivity index (χ0n) is 15.1. The van der Waals surface area contributed by atoms with Crippen LogP contribution in [0.2, 0.25) is 0 Å². The lowest BCUT2D eigenvalue weighted by Crippen LogP contribution is -2.46. The first-order chi connectivity index (χ1) is 12.0. The molecule has 1 atom stereocenters. The first kappa shape index (κ1) is 18.3. The van der Waals surface area contributed by atoms with Gasteiger partial charge in [-0.1, -0.05) is 23.8 Å². The Bertz CT molecular complexity index is 644. The van der Waals surface area contributed by atoms with Crippen molar-refractivity contribution in [3.05, 3.63) is 34.9 Å². The van der Waals surface area contributed by atoms with Gasteiger partial charge in [0.05, 0.1) is 12.5 Å². The predicted molar refractivity (Wildman–Crippen MR) is 102 cm³/mol. The fraction of sp³-hybridized carbons (Fsp3) is 0.579. The van der Waals surface area contributed by atoms with Gasteiger partial charge in [-0.05, 0) is 31.4 Å². The summed E-state index contributed by atoms with van der Waals surface area (Å²) in [5.74, 6) is 2.06. The van der Waals surface area contributed by atoms with Crippen molar-refractivity contribution >= 4 is 23.6 Å². The zero-order valence-corrected chi connectivity index (χ0v) is 15.9. The molecule has 25 heavy (non-hydrogen) atoms. The van der Waals surface area contributed by atoms with Crippen molar-refractivity contribution in [3.63, 3.8) is 0 Å². The van der Waals surface area contributed by atoms with E-state index in [1.165, 1.54) is 11.1 Å². The Labute approximate surface area is 154 Å². The molecular weight excluding hydrogens is 334 g/mol. The van der Waals surface area contributed by atoms with E-state index in [9.17, 15) is 9.59 Å². The molecule has 1 N–H and O–H groups in total. The molecule has 0 bridgehead atoms. The third kappa shape index (κ3) is 4.55. The molecule has 5 nitrogen and oxygen atoms in total. The standard InChI is InChI=1S/C19H27N3O2S/c1-14-4-5-16(15(2)10-14)11-18(23)21-6-3-7-22(9-8-21)19(24)17-12-25-13-20-17/h4-5,10,17,20H,3,6-9,11-13H2,1-2H3. The molecule has 2 amide bonds. The fourth-order valence-electron chi connectivity index (χ4n) is 3.48. The Morgan fingerprint density at radius 3 is 2.64 bits per heavy atom. The first-order valence-corrected chi connectivity index (χ1v) is 10.1. The van der Waals surface area contributed by atoms with E-state index >= 15 is 0 Å². The molecule has 1 aromatic carbocycles. The Balaban J connectivity index is 1.56. The van der Waals surface area contributed by atoms with Gasteiger partial charge >= 0.3 is 0 Å². The minimum absolute atomic E-state index is 0.0533. The van der Waals surface area contributed by atoms with Crippen molar-refractivity contribution < 1.29 is 9.59 Å². The topological polar surface area (TPSA) is 52.7 Å². The van der Waals surface area contributed by atoms with E-state index in [2.05, 4.69) is 37.4 Å². The summed E-state index contributed by atoms with van der Waals surface area (Å²) in [7, 11) is 0. The van der Waals surface area contributed by atoms with Crippen LogP contribution >= 0.6 is 11.8 Å². The molecule has 136 valence electrons. The number of nitrogens with one attached hydrogen (secondary N) is 1. The van der Waals surface area contributed by atoms with E-state index in [-0.39, 0.29) is 17.9 Å². The van der Waals surface area contributed by atoms with E-state index in [0.29, 0.717) is 19.5 Å². The Kier molecular flexibility index (Phi) is 6.02. The number of nitrogens with zero attached hydrogens (tertiary/aromatic N) is 2. The van der Waals surface area contributed by atoms with Crippen LogP contribution in [0.15, 0.2) is 18.2 Å². The largest absolute Gasteiger partial charge is 0.341 e. The molecule has 3 rings (SSSR count). The number of benzene rings is 1. The molecule has 2 heterocycles. The second-order valence-electron chi connectivity index (χ2n) is 6.94. The van der Waals surface area contributed by atoms with Gasteiger partial charge in [0.1, 0.15) is 0 Å². The van der Waals surface area contributed by atoms with Gasteiger partial charge in [-0.25, -0.2) is 0 Å². The average molecular weight is 362 g/mol. The van der Waals surface area contributed by atoms with Gasteiger partial charge in [0.15, 0.2) is 0 Å². The number of hydrogen-bond donors (Lipinski definition) is 1. The van der Waals surface area contributed by atoms with Crippen molar-refractivity contribution in [2.75, 3.05) is 37.8 Å². The third-order valence-electron chi connectivity index (χ3n) is 5.01. The summed E-state index contributed by atoms with van der Waals surface area (Å²) in [6.45, 7) is 6.88. The van der Waals surface area contributed by atoms with Crippen LogP contribution in [-0.4, -0.2) is 65.5 Å². The van der Waals surface area contributed by atoms with Gasteiger partial charge in [-0.3, -0.25) is 14.9 Å². The van der Waals surface area contributed by atoms with E-state index in [4.69, 9.17) is 0 Å². The summed E-state index contributed by atoms with van der Waals surface area (Å²) in [6.07, 6.45) is 1.30. The predicted octanol–water partition coefficient (Wildman–Crippen LogP) is 1.57. The lowest BCUT2D eigenvalue weighted by atomic mass is 10.0. The molecule has 1 unspecified atom stereocenters. The van der Waals surface area contributed by atoms with Gasteiger partial charge in [-0.2, -0.15) is 0 Å². The maximum Gasteiger partial charge on any atom is 0.240 e. The summed E-state index contributed by atoms with van der Waals surface area (Å²) in [5, 5.41) is 3.24. The van der Waals surface area contributed by atoms with Crippen LogP contribution < -0.4 is 5.32 Å². The molecule has 1 aromatic rings. The molecule has 6 heteroatoms. The van der Waals surface area contributed by atoms with E-state index in [1.54, 1.807) is 11.8 Å². The highest BCUT2D eigenvalue weighted by molar-refractivity contribution is 7.99. The number of aryl methyl sites for hydroxylation is 2. The molecule has 0 saturated carbocycles. The van der Waals surface area contributed by atoms with Gasteiger partial charge < -0.3 is 9.80 Å². The maximum atomic E-state index is 12.7. The van der Waals surface area contributed by atoms with Crippen LogP contribution in [-0.2, 0) is 16.0 Å². The number of rotatable bonds is 3. The smallest absolute Gasteiger partial charge is 0.240 e. The van der Waals surface area contributed by atoms with Crippen molar-refractivity contribution in [1.82, 2.24) is 15.1 Å². The molecule has 0 aromatic heterocycles. The average Bonchev–Trinajstić information content (AvgIpc) is 3.01. The second kappa shape index (κ2) is 8.23. The summed E-state index contributed by atoms with van der Waals surface area (Å²) in [5.41, 5.74) is 3.49. The summed E-state index contributed by atoms with van der Waals surface area (Å²) in [4.78, 5) is 29.1. The van der Waals surface area contributed by atoms with Crippen LogP contribution in [0.5, 0.6) is 0 Å². The SMILES string of the molecule is Cc1ccc(CC(=O)N2CCCN(C(=O)C3CSCN3)CC2)c(C)c1. The number of carbonyl (C=O) groups excluding carboxylic acids is 2. The van der Waals surface area contributed by atoms with E-state index < -0.39 is 0 Å². The van der Waals surface area contributed by atoms with Gasteiger partial charge in [0.2, 0.25) is 11.8 Å².